The number of fused-ring (bicyclic) bond motifs is 1. The number of benzene rings is 1. The zero-order valence-corrected chi connectivity index (χ0v) is 13.8. The van der Waals surface area contributed by atoms with Crippen LogP contribution in [-0.2, 0) is 11.3 Å². The predicted molar refractivity (Wildman–Crippen MR) is 88.5 cm³/mol. The number of nitrogens with one attached hydrogen (secondary N) is 1. The van der Waals surface area contributed by atoms with E-state index < -0.39 is 6.09 Å². The second-order valence-electron chi connectivity index (χ2n) is 4.52. The van der Waals surface area contributed by atoms with E-state index in [1.807, 2.05) is 37.3 Å². The first-order chi connectivity index (χ1) is 10.6. The van der Waals surface area contributed by atoms with Gasteiger partial charge < -0.3 is 4.74 Å². The summed E-state index contributed by atoms with van der Waals surface area (Å²) < 4.78 is 7.47. The number of aromatic nitrogens is 4. The van der Waals surface area contributed by atoms with E-state index in [0.717, 1.165) is 14.8 Å². The summed E-state index contributed by atoms with van der Waals surface area (Å²) in [6.07, 6.45) is 0.836. The number of carbonyl (C=O) groups is 1. The largest absolute Gasteiger partial charge is 0.444 e. The van der Waals surface area contributed by atoms with Gasteiger partial charge in [0.05, 0.1) is 9.26 Å². The minimum Gasteiger partial charge on any atom is -0.444 e. The molecule has 2 aromatic heterocycles. The van der Waals surface area contributed by atoms with Crippen molar-refractivity contribution in [3.05, 3.63) is 51.5 Å². The smallest absolute Gasteiger partial charge is 0.413 e. The molecule has 0 radical (unpaired) electrons. The summed E-state index contributed by atoms with van der Waals surface area (Å²) in [6, 6.07) is 9.48. The fraction of sp³-hybridized carbons (Fsp3) is 0.143. The Morgan fingerprint density at radius 2 is 2.14 bits per heavy atom. The highest BCUT2D eigenvalue weighted by molar-refractivity contribution is 14.1. The van der Waals surface area contributed by atoms with Crippen LogP contribution in [0.5, 0.6) is 0 Å². The van der Waals surface area contributed by atoms with Crippen LogP contribution >= 0.6 is 22.6 Å². The third-order valence-electron chi connectivity index (χ3n) is 2.97. The van der Waals surface area contributed by atoms with Gasteiger partial charge in [-0.25, -0.2) is 9.78 Å². The van der Waals surface area contributed by atoms with E-state index in [-0.39, 0.29) is 6.61 Å². The summed E-state index contributed by atoms with van der Waals surface area (Å²) in [6.45, 7) is 2.05. The Bertz CT molecular complexity index is 819. The molecule has 0 unspecified atom stereocenters. The zero-order chi connectivity index (χ0) is 15.5. The van der Waals surface area contributed by atoms with Crippen molar-refractivity contribution in [3.63, 3.8) is 0 Å². The molecule has 0 aliphatic heterocycles. The Balaban J connectivity index is 1.77. The van der Waals surface area contributed by atoms with Crippen LogP contribution in [0.3, 0.4) is 0 Å². The lowest BCUT2D eigenvalue weighted by Gasteiger charge is -2.11. The van der Waals surface area contributed by atoms with Gasteiger partial charge in [-0.15, -0.1) is 0 Å². The highest BCUT2D eigenvalue weighted by Gasteiger charge is 2.15. The van der Waals surface area contributed by atoms with E-state index in [2.05, 4.69) is 43.0 Å². The summed E-state index contributed by atoms with van der Waals surface area (Å²) in [5.74, 6) is 0.926. The number of hydrogen-bond acceptors (Lipinski definition) is 5. The standard InChI is InChI=1S/C14H12IN5O2/c1-9-11(15)12(20-13(18-9)16-8-17-20)19-14(21)22-7-10-5-3-2-4-6-10/h2-6,8H,7H2,1H3,(H,19,21). The molecule has 0 atom stereocenters. The van der Waals surface area contributed by atoms with Crippen molar-refractivity contribution in [2.24, 2.45) is 0 Å². The van der Waals surface area contributed by atoms with Crippen LogP contribution in [-0.4, -0.2) is 25.7 Å². The Labute approximate surface area is 139 Å². The number of amides is 1. The number of hydrogen-bond donors (Lipinski definition) is 1. The molecule has 0 aliphatic carbocycles. The predicted octanol–water partition coefficient (Wildman–Crippen LogP) is 2.79. The van der Waals surface area contributed by atoms with Crippen LogP contribution < -0.4 is 5.32 Å². The van der Waals surface area contributed by atoms with E-state index in [4.69, 9.17) is 4.74 Å². The minimum atomic E-state index is -0.552. The number of rotatable bonds is 3. The molecular formula is C14H12IN5O2. The lowest BCUT2D eigenvalue weighted by atomic mass is 10.2. The average Bonchev–Trinajstić information content (AvgIpc) is 2.98. The van der Waals surface area contributed by atoms with Gasteiger partial charge in [-0.1, -0.05) is 30.3 Å². The van der Waals surface area contributed by atoms with Gasteiger partial charge in [-0.05, 0) is 35.1 Å². The SMILES string of the molecule is Cc1nc2ncnn2c(NC(=O)OCc2ccccc2)c1I. The molecule has 112 valence electrons. The molecular weight excluding hydrogens is 397 g/mol. The topological polar surface area (TPSA) is 81.4 Å². The molecule has 0 bridgehead atoms. The van der Waals surface area contributed by atoms with Crippen LogP contribution in [0.15, 0.2) is 36.7 Å². The zero-order valence-electron chi connectivity index (χ0n) is 11.7. The number of nitrogens with zero attached hydrogens (tertiary/aromatic N) is 4. The summed E-state index contributed by atoms with van der Waals surface area (Å²) in [5, 5.41) is 6.76. The highest BCUT2D eigenvalue weighted by Crippen LogP contribution is 2.21. The van der Waals surface area contributed by atoms with Gasteiger partial charge in [0.2, 0.25) is 0 Å². The number of anilines is 1. The van der Waals surface area contributed by atoms with Crippen molar-refractivity contribution < 1.29 is 9.53 Å². The van der Waals surface area contributed by atoms with Gasteiger partial charge in [-0.3, -0.25) is 5.32 Å². The highest BCUT2D eigenvalue weighted by atomic mass is 127. The number of aryl methyl sites for hydroxylation is 1. The van der Waals surface area contributed by atoms with Crippen molar-refractivity contribution in [3.8, 4) is 0 Å². The van der Waals surface area contributed by atoms with Gasteiger partial charge in [0, 0.05) is 0 Å². The molecule has 0 spiro atoms. The van der Waals surface area contributed by atoms with Gasteiger partial charge in [0.25, 0.3) is 5.78 Å². The first-order valence-electron chi connectivity index (χ1n) is 6.48. The third kappa shape index (κ3) is 3.01. The molecule has 7 nitrogen and oxygen atoms in total. The second-order valence-corrected chi connectivity index (χ2v) is 5.60. The summed E-state index contributed by atoms with van der Waals surface area (Å²) in [5.41, 5.74) is 1.68. The van der Waals surface area contributed by atoms with E-state index in [0.29, 0.717) is 11.6 Å². The Kier molecular flexibility index (Phi) is 4.18. The molecule has 0 aliphatic rings. The van der Waals surface area contributed by atoms with Crippen LogP contribution in [0.2, 0.25) is 0 Å². The summed E-state index contributed by atoms with van der Waals surface area (Å²) in [7, 11) is 0. The van der Waals surface area contributed by atoms with E-state index in [9.17, 15) is 4.79 Å². The van der Waals surface area contributed by atoms with E-state index in [1.165, 1.54) is 10.8 Å². The summed E-state index contributed by atoms with van der Waals surface area (Å²) >= 11 is 2.10. The van der Waals surface area contributed by atoms with E-state index in [1.54, 1.807) is 0 Å². The fourth-order valence-corrected chi connectivity index (χ4v) is 2.38. The number of halogens is 1. The molecule has 1 amide bonds. The van der Waals surface area contributed by atoms with Crippen molar-refractivity contribution in [2.45, 2.75) is 13.5 Å². The Hall–Kier alpha value is -2.23. The molecule has 3 aromatic rings. The molecule has 1 aromatic carbocycles. The monoisotopic (exact) mass is 409 g/mol. The Morgan fingerprint density at radius 3 is 2.91 bits per heavy atom. The quantitative estimate of drug-likeness (QED) is 0.673. The molecule has 0 fully saturated rings. The molecule has 1 N–H and O–H groups in total. The lowest BCUT2D eigenvalue weighted by molar-refractivity contribution is 0.155. The van der Waals surface area contributed by atoms with Crippen LogP contribution in [0.4, 0.5) is 10.6 Å². The van der Waals surface area contributed by atoms with Gasteiger partial charge in [0.15, 0.2) is 5.82 Å². The normalized spacial score (nSPS) is 10.6. The van der Waals surface area contributed by atoms with Crippen molar-refractivity contribution in [1.82, 2.24) is 19.6 Å². The van der Waals surface area contributed by atoms with Crippen LogP contribution in [0, 0.1) is 10.5 Å². The molecule has 2 heterocycles. The minimum absolute atomic E-state index is 0.202. The van der Waals surface area contributed by atoms with Crippen molar-refractivity contribution in [2.75, 3.05) is 5.32 Å². The molecule has 0 saturated carbocycles. The lowest BCUT2D eigenvalue weighted by Crippen LogP contribution is -2.18. The fourth-order valence-electron chi connectivity index (χ4n) is 1.90. The average molecular weight is 409 g/mol. The molecule has 22 heavy (non-hydrogen) atoms. The van der Waals surface area contributed by atoms with Crippen LogP contribution in [0.1, 0.15) is 11.3 Å². The second kappa shape index (κ2) is 6.26. The maximum absolute atomic E-state index is 12.0. The first kappa shape index (κ1) is 14.7. The van der Waals surface area contributed by atoms with Crippen molar-refractivity contribution in [1.29, 1.82) is 0 Å². The molecule has 8 heteroatoms. The first-order valence-corrected chi connectivity index (χ1v) is 7.56. The maximum Gasteiger partial charge on any atom is 0.413 e. The van der Waals surface area contributed by atoms with Crippen molar-refractivity contribution >= 4 is 40.3 Å². The third-order valence-corrected chi connectivity index (χ3v) is 4.26. The van der Waals surface area contributed by atoms with Gasteiger partial charge in [0.1, 0.15) is 12.9 Å². The van der Waals surface area contributed by atoms with Gasteiger partial charge in [-0.2, -0.15) is 14.6 Å². The maximum atomic E-state index is 12.0. The number of carbonyl (C=O) groups excluding carboxylic acids is 1. The van der Waals surface area contributed by atoms with E-state index >= 15 is 0 Å². The van der Waals surface area contributed by atoms with Crippen LogP contribution in [0.25, 0.3) is 5.78 Å². The summed E-state index contributed by atoms with van der Waals surface area (Å²) in [4.78, 5) is 20.3. The van der Waals surface area contributed by atoms with Gasteiger partial charge >= 0.3 is 6.09 Å². The number of ether oxygens (including phenoxy) is 1. The Morgan fingerprint density at radius 1 is 1.36 bits per heavy atom. The molecule has 0 saturated heterocycles. The molecule has 3 rings (SSSR count).